The fourth-order valence-electron chi connectivity index (χ4n) is 2.43. The highest BCUT2D eigenvalue weighted by Crippen LogP contribution is 2.26. The molecule has 0 fully saturated rings. The minimum atomic E-state index is -0.533. The van der Waals surface area contributed by atoms with Crippen molar-refractivity contribution in [2.45, 2.75) is 44.1 Å². The van der Waals surface area contributed by atoms with Gasteiger partial charge in [-0.2, -0.15) is 4.52 Å². The average Bonchev–Trinajstić information content (AvgIpc) is 2.96. The first-order chi connectivity index (χ1) is 12.3. The maximum Gasteiger partial charge on any atom is 0.321 e. The Hall–Kier alpha value is -2.68. The molecule has 0 spiro atoms. The number of fused-ring (bicyclic) bond motifs is 3. The van der Waals surface area contributed by atoms with Crippen LogP contribution in [0.1, 0.15) is 26.6 Å². The van der Waals surface area contributed by atoms with Gasteiger partial charge in [0.2, 0.25) is 5.91 Å². The van der Waals surface area contributed by atoms with Gasteiger partial charge in [0.1, 0.15) is 5.82 Å². The van der Waals surface area contributed by atoms with Crippen molar-refractivity contribution in [2.75, 3.05) is 0 Å². The number of nitrogens with zero attached hydrogens (tertiary/aromatic N) is 4. The van der Waals surface area contributed by atoms with Gasteiger partial charge in [-0.15, -0.1) is 5.10 Å². The molecular weight excluding hydrogens is 352 g/mol. The van der Waals surface area contributed by atoms with E-state index in [0.717, 1.165) is 10.9 Å². The lowest BCUT2D eigenvalue weighted by molar-refractivity contribution is -0.119. The molecule has 3 amide bonds. The zero-order chi connectivity index (χ0) is 18.8. The second-order valence-electron chi connectivity index (χ2n) is 6.18. The summed E-state index contributed by atoms with van der Waals surface area (Å²) in [5.41, 5.74) is 1.47. The van der Waals surface area contributed by atoms with Gasteiger partial charge in [-0.1, -0.05) is 23.9 Å². The van der Waals surface area contributed by atoms with Crippen LogP contribution in [0.5, 0.6) is 0 Å². The Kier molecular flexibility index (Phi) is 5.08. The van der Waals surface area contributed by atoms with Crippen LogP contribution in [0.15, 0.2) is 29.4 Å². The molecule has 0 aliphatic carbocycles. The molecule has 2 heterocycles. The zero-order valence-electron chi connectivity index (χ0n) is 15.0. The van der Waals surface area contributed by atoms with E-state index in [1.54, 1.807) is 11.4 Å². The minimum absolute atomic E-state index is 0.0503. The summed E-state index contributed by atoms with van der Waals surface area (Å²) < 4.78 is 1.64. The van der Waals surface area contributed by atoms with Gasteiger partial charge in [0.15, 0.2) is 10.8 Å². The fourth-order valence-corrected chi connectivity index (χ4v) is 3.29. The highest BCUT2D eigenvalue weighted by Gasteiger charge is 2.21. The molecule has 0 aliphatic rings. The van der Waals surface area contributed by atoms with Gasteiger partial charge in [0, 0.05) is 11.4 Å². The molecule has 0 radical (unpaired) electrons. The van der Waals surface area contributed by atoms with Gasteiger partial charge in [-0.05, 0) is 39.8 Å². The number of amides is 3. The topological polar surface area (TPSA) is 101 Å². The molecule has 3 aromatic rings. The number of urea groups is 1. The summed E-state index contributed by atoms with van der Waals surface area (Å²) in [6.45, 7) is 7.17. The number of carbonyl (C=O) groups is 2. The number of hydrogen-bond donors (Lipinski definition) is 2. The number of rotatable bonds is 4. The normalized spacial score (nSPS) is 12.5. The number of thioether (sulfide) groups is 1. The van der Waals surface area contributed by atoms with Crippen LogP contribution in [0.3, 0.4) is 0 Å². The third-order valence-corrected chi connectivity index (χ3v) is 4.61. The van der Waals surface area contributed by atoms with Crippen molar-refractivity contribution in [3.8, 4) is 0 Å². The SMILES string of the molecule is Cc1nc2c3ccccc3nc(S[C@H](C)C(=O)NC(=O)NC(C)C)n2n1. The first kappa shape index (κ1) is 18.1. The number of imide groups is 1. The lowest BCUT2D eigenvalue weighted by Crippen LogP contribution is -2.45. The monoisotopic (exact) mass is 372 g/mol. The highest BCUT2D eigenvalue weighted by molar-refractivity contribution is 8.00. The molecular formula is C17H20N6O2S. The Morgan fingerprint density at radius 3 is 2.62 bits per heavy atom. The molecule has 26 heavy (non-hydrogen) atoms. The quantitative estimate of drug-likeness (QED) is 0.538. The highest BCUT2D eigenvalue weighted by atomic mass is 32.2. The van der Waals surface area contributed by atoms with Crippen LogP contribution in [0.2, 0.25) is 0 Å². The van der Waals surface area contributed by atoms with E-state index >= 15 is 0 Å². The lowest BCUT2D eigenvalue weighted by Gasteiger charge is -2.13. The predicted molar refractivity (Wildman–Crippen MR) is 100 cm³/mol. The van der Waals surface area contributed by atoms with Crippen LogP contribution in [-0.2, 0) is 4.79 Å². The molecule has 1 aromatic carbocycles. The Bertz CT molecular complexity index is 984. The summed E-state index contributed by atoms with van der Waals surface area (Å²) >= 11 is 1.23. The number of para-hydroxylation sites is 1. The van der Waals surface area contributed by atoms with Crippen molar-refractivity contribution >= 4 is 40.3 Å². The Balaban J connectivity index is 1.87. The molecule has 0 saturated heterocycles. The Morgan fingerprint density at radius 1 is 1.15 bits per heavy atom. The van der Waals surface area contributed by atoms with E-state index in [0.29, 0.717) is 16.6 Å². The molecule has 9 heteroatoms. The first-order valence-corrected chi connectivity index (χ1v) is 9.13. The maximum absolute atomic E-state index is 12.3. The van der Waals surface area contributed by atoms with Crippen molar-refractivity contribution < 1.29 is 9.59 Å². The van der Waals surface area contributed by atoms with E-state index in [1.165, 1.54) is 11.8 Å². The number of benzene rings is 1. The summed E-state index contributed by atoms with van der Waals surface area (Å²) in [6.07, 6.45) is 0. The van der Waals surface area contributed by atoms with Gasteiger partial charge < -0.3 is 5.32 Å². The first-order valence-electron chi connectivity index (χ1n) is 8.25. The zero-order valence-corrected chi connectivity index (χ0v) is 15.8. The fraction of sp³-hybridized carbons (Fsp3) is 0.353. The van der Waals surface area contributed by atoms with Crippen LogP contribution in [0.25, 0.3) is 16.6 Å². The number of carbonyl (C=O) groups excluding carboxylic acids is 2. The van der Waals surface area contributed by atoms with Crippen LogP contribution < -0.4 is 10.6 Å². The van der Waals surface area contributed by atoms with E-state index in [2.05, 4.69) is 25.7 Å². The summed E-state index contributed by atoms with van der Waals surface area (Å²) in [7, 11) is 0. The molecule has 0 bridgehead atoms. The molecule has 0 aliphatic heterocycles. The van der Waals surface area contributed by atoms with Crippen molar-refractivity contribution in [1.82, 2.24) is 30.2 Å². The number of nitrogens with one attached hydrogen (secondary N) is 2. The smallest absolute Gasteiger partial charge is 0.321 e. The van der Waals surface area contributed by atoms with Crippen molar-refractivity contribution in [1.29, 1.82) is 0 Å². The second-order valence-corrected chi connectivity index (χ2v) is 7.49. The summed E-state index contributed by atoms with van der Waals surface area (Å²) in [6, 6.07) is 7.09. The molecule has 1 atom stereocenters. The maximum atomic E-state index is 12.3. The van der Waals surface area contributed by atoms with Gasteiger partial charge in [0.05, 0.1) is 10.8 Å². The van der Waals surface area contributed by atoms with Crippen molar-refractivity contribution in [3.05, 3.63) is 30.1 Å². The van der Waals surface area contributed by atoms with E-state index in [1.807, 2.05) is 45.0 Å². The Morgan fingerprint density at radius 2 is 1.88 bits per heavy atom. The number of hydrogen-bond acceptors (Lipinski definition) is 6. The van der Waals surface area contributed by atoms with E-state index < -0.39 is 17.2 Å². The predicted octanol–water partition coefficient (Wildman–Crippen LogP) is 2.30. The third kappa shape index (κ3) is 3.77. The van der Waals surface area contributed by atoms with E-state index in [-0.39, 0.29) is 6.04 Å². The molecule has 2 aromatic heterocycles. The largest absolute Gasteiger partial charge is 0.336 e. The Labute approximate surface area is 154 Å². The van der Waals surface area contributed by atoms with Crippen molar-refractivity contribution in [2.24, 2.45) is 0 Å². The van der Waals surface area contributed by atoms with Gasteiger partial charge >= 0.3 is 6.03 Å². The molecule has 8 nitrogen and oxygen atoms in total. The van der Waals surface area contributed by atoms with Gasteiger partial charge in [0.25, 0.3) is 0 Å². The van der Waals surface area contributed by atoms with Crippen LogP contribution in [0, 0.1) is 6.92 Å². The minimum Gasteiger partial charge on any atom is -0.336 e. The van der Waals surface area contributed by atoms with E-state index in [9.17, 15) is 9.59 Å². The summed E-state index contributed by atoms with van der Waals surface area (Å²) in [4.78, 5) is 33.1. The second kappa shape index (κ2) is 7.28. The molecule has 0 unspecified atom stereocenters. The molecule has 3 rings (SSSR count). The van der Waals surface area contributed by atoms with Crippen LogP contribution >= 0.6 is 11.8 Å². The third-order valence-electron chi connectivity index (χ3n) is 3.56. The molecule has 2 N–H and O–H groups in total. The van der Waals surface area contributed by atoms with Crippen molar-refractivity contribution in [3.63, 3.8) is 0 Å². The van der Waals surface area contributed by atoms with Gasteiger partial charge in [-0.25, -0.2) is 14.8 Å². The summed E-state index contributed by atoms with van der Waals surface area (Å²) in [5, 5.41) is 10.3. The number of aryl methyl sites for hydroxylation is 1. The van der Waals surface area contributed by atoms with Gasteiger partial charge in [-0.3, -0.25) is 10.1 Å². The van der Waals surface area contributed by atoms with Crippen LogP contribution in [-0.4, -0.2) is 42.8 Å². The standard InChI is InChI=1S/C17H20N6O2S/c1-9(2)18-16(25)21-15(24)10(3)26-17-20-13-8-6-5-7-12(13)14-19-11(4)22-23(14)17/h5-10H,1-4H3,(H2,18,21,24,25)/t10-/m1/s1. The molecule has 136 valence electrons. The molecule has 0 saturated carbocycles. The van der Waals surface area contributed by atoms with Crippen LogP contribution in [0.4, 0.5) is 4.79 Å². The lowest BCUT2D eigenvalue weighted by atomic mass is 10.2. The number of aromatic nitrogens is 4. The van der Waals surface area contributed by atoms with E-state index in [4.69, 9.17) is 0 Å². The summed E-state index contributed by atoms with van der Waals surface area (Å²) in [5.74, 6) is 0.228. The average molecular weight is 372 g/mol.